The van der Waals surface area contributed by atoms with Crippen LogP contribution in [0.1, 0.15) is 11.1 Å². The van der Waals surface area contributed by atoms with Gasteiger partial charge in [-0.1, -0.05) is 24.3 Å². The van der Waals surface area contributed by atoms with Crippen molar-refractivity contribution >= 4 is 50.5 Å². The molecule has 0 unspecified atom stereocenters. The van der Waals surface area contributed by atoms with Gasteiger partial charge in [-0.2, -0.15) is 0 Å². The van der Waals surface area contributed by atoms with Crippen LogP contribution in [0, 0.1) is 13.8 Å². The molecule has 0 aliphatic carbocycles. The second-order valence-electron chi connectivity index (χ2n) is 5.08. The number of rotatable bonds is 4. The molecule has 4 nitrogen and oxygen atoms in total. The molecule has 120 valence electrons. The van der Waals surface area contributed by atoms with Crippen molar-refractivity contribution in [2.75, 3.05) is 17.2 Å². The molecular formula is C17H18BrN3OS. The predicted molar refractivity (Wildman–Crippen MR) is 103 cm³/mol. The molecule has 0 aliphatic heterocycles. The van der Waals surface area contributed by atoms with Crippen molar-refractivity contribution in [2.24, 2.45) is 0 Å². The molecule has 3 N–H and O–H groups in total. The number of nitrogens with one attached hydrogen (secondary N) is 3. The van der Waals surface area contributed by atoms with E-state index in [4.69, 9.17) is 12.2 Å². The van der Waals surface area contributed by atoms with Crippen LogP contribution in [0.4, 0.5) is 11.4 Å². The third kappa shape index (κ3) is 5.04. The molecule has 0 bridgehead atoms. The average molecular weight is 392 g/mol. The van der Waals surface area contributed by atoms with Gasteiger partial charge in [0.25, 0.3) is 0 Å². The highest BCUT2D eigenvalue weighted by molar-refractivity contribution is 9.10. The average Bonchev–Trinajstić information content (AvgIpc) is 2.52. The number of anilines is 2. The first kappa shape index (κ1) is 17.4. The molecule has 2 rings (SSSR count). The molecule has 0 saturated heterocycles. The van der Waals surface area contributed by atoms with Gasteiger partial charge in [-0.25, -0.2) is 0 Å². The number of amides is 1. The smallest absolute Gasteiger partial charge is 0.243 e. The summed E-state index contributed by atoms with van der Waals surface area (Å²) in [5, 5.41) is 9.25. The molecule has 0 aromatic heterocycles. The summed E-state index contributed by atoms with van der Waals surface area (Å²) in [5.74, 6) is -0.165. The lowest BCUT2D eigenvalue weighted by Gasteiger charge is -2.14. The largest absolute Gasteiger partial charge is 0.353 e. The lowest BCUT2D eigenvalue weighted by molar-refractivity contribution is -0.115. The van der Waals surface area contributed by atoms with Crippen LogP contribution in [0.3, 0.4) is 0 Å². The van der Waals surface area contributed by atoms with Crippen LogP contribution in [-0.4, -0.2) is 17.6 Å². The van der Waals surface area contributed by atoms with E-state index < -0.39 is 0 Å². The third-order valence-electron chi connectivity index (χ3n) is 3.41. The number of carbonyl (C=O) groups is 1. The molecule has 0 atom stereocenters. The SMILES string of the molecule is Cc1cccc(NC(=S)NCC(=O)Nc2ccccc2Br)c1C. The van der Waals surface area contributed by atoms with Gasteiger partial charge in [0, 0.05) is 10.2 Å². The van der Waals surface area contributed by atoms with E-state index in [1.54, 1.807) is 0 Å². The van der Waals surface area contributed by atoms with Crippen LogP contribution in [0.2, 0.25) is 0 Å². The van der Waals surface area contributed by atoms with Crippen LogP contribution in [0.5, 0.6) is 0 Å². The van der Waals surface area contributed by atoms with Gasteiger partial charge < -0.3 is 16.0 Å². The second-order valence-corrected chi connectivity index (χ2v) is 6.35. The van der Waals surface area contributed by atoms with Crippen LogP contribution in [0.15, 0.2) is 46.9 Å². The summed E-state index contributed by atoms with van der Waals surface area (Å²) in [7, 11) is 0. The molecular weight excluding hydrogens is 374 g/mol. The van der Waals surface area contributed by atoms with Crippen molar-refractivity contribution < 1.29 is 4.79 Å². The Morgan fingerprint density at radius 1 is 1.04 bits per heavy atom. The van der Waals surface area contributed by atoms with Crippen molar-refractivity contribution in [3.05, 3.63) is 58.1 Å². The van der Waals surface area contributed by atoms with E-state index in [-0.39, 0.29) is 12.5 Å². The van der Waals surface area contributed by atoms with Crippen molar-refractivity contribution in [3.8, 4) is 0 Å². The summed E-state index contributed by atoms with van der Waals surface area (Å²) >= 11 is 8.63. The molecule has 0 radical (unpaired) electrons. The lowest BCUT2D eigenvalue weighted by Crippen LogP contribution is -2.35. The predicted octanol–water partition coefficient (Wildman–Crippen LogP) is 3.99. The minimum absolute atomic E-state index is 0.0953. The van der Waals surface area contributed by atoms with Gasteiger partial charge >= 0.3 is 0 Å². The maximum Gasteiger partial charge on any atom is 0.243 e. The van der Waals surface area contributed by atoms with Gasteiger partial charge in [0.15, 0.2) is 5.11 Å². The monoisotopic (exact) mass is 391 g/mol. The fourth-order valence-corrected chi connectivity index (χ4v) is 2.54. The molecule has 2 aromatic rings. The molecule has 23 heavy (non-hydrogen) atoms. The number of carbonyl (C=O) groups excluding carboxylic acids is 1. The van der Waals surface area contributed by atoms with E-state index in [2.05, 4.69) is 31.9 Å². The molecule has 6 heteroatoms. The highest BCUT2D eigenvalue weighted by Crippen LogP contribution is 2.21. The van der Waals surface area contributed by atoms with Gasteiger partial charge in [-0.3, -0.25) is 4.79 Å². The minimum Gasteiger partial charge on any atom is -0.353 e. The maximum atomic E-state index is 12.0. The fourth-order valence-electron chi connectivity index (χ4n) is 1.97. The minimum atomic E-state index is -0.165. The first-order valence-electron chi connectivity index (χ1n) is 7.13. The van der Waals surface area contributed by atoms with E-state index >= 15 is 0 Å². The first-order valence-corrected chi connectivity index (χ1v) is 8.33. The Hall–Kier alpha value is -1.92. The number of halogens is 1. The van der Waals surface area contributed by atoms with Gasteiger partial charge in [-0.15, -0.1) is 0 Å². The first-order chi connectivity index (χ1) is 11.0. The Kier molecular flexibility index (Phi) is 6.12. The molecule has 2 aromatic carbocycles. The Bertz CT molecular complexity index is 734. The zero-order valence-corrected chi connectivity index (χ0v) is 15.3. The Morgan fingerprint density at radius 3 is 2.48 bits per heavy atom. The molecule has 0 heterocycles. The summed E-state index contributed by atoms with van der Waals surface area (Å²) in [6, 6.07) is 13.4. The van der Waals surface area contributed by atoms with Gasteiger partial charge in [-0.05, 0) is 71.3 Å². The Labute approximate surface area is 149 Å². The number of hydrogen-bond acceptors (Lipinski definition) is 2. The normalized spacial score (nSPS) is 10.0. The van der Waals surface area contributed by atoms with E-state index in [9.17, 15) is 4.79 Å². The number of thiocarbonyl (C=S) groups is 1. The van der Waals surface area contributed by atoms with Crippen molar-refractivity contribution in [1.82, 2.24) is 5.32 Å². The highest BCUT2D eigenvalue weighted by Gasteiger charge is 2.07. The second kappa shape index (κ2) is 8.08. The van der Waals surface area contributed by atoms with E-state index in [1.807, 2.05) is 56.3 Å². The fraction of sp³-hybridized carbons (Fsp3) is 0.176. The Balaban J connectivity index is 1.86. The zero-order chi connectivity index (χ0) is 16.8. The number of hydrogen-bond donors (Lipinski definition) is 3. The van der Waals surface area contributed by atoms with E-state index in [0.29, 0.717) is 5.11 Å². The van der Waals surface area contributed by atoms with Gasteiger partial charge in [0.2, 0.25) is 5.91 Å². The lowest BCUT2D eigenvalue weighted by atomic mass is 10.1. The van der Waals surface area contributed by atoms with Crippen LogP contribution < -0.4 is 16.0 Å². The summed E-state index contributed by atoms with van der Waals surface area (Å²) in [6.45, 7) is 4.17. The topological polar surface area (TPSA) is 53.2 Å². The molecule has 0 saturated carbocycles. The number of para-hydroxylation sites is 1. The molecule has 0 fully saturated rings. The van der Waals surface area contributed by atoms with Crippen molar-refractivity contribution in [2.45, 2.75) is 13.8 Å². The summed E-state index contributed by atoms with van der Waals surface area (Å²) < 4.78 is 0.837. The molecule has 1 amide bonds. The molecule has 0 aliphatic rings. The van der Waals surface area contributed by atoms with Gasteiger partial charge in [0.1, 0.15) is 0 Å². The van der Waals surface area contributed by atoms with E-state index in [1.165, 1.54) is 5.56 Å². The maximum absolute atomic E-state index is 12.0. The zero-order valence-electron chi connectivity index (χ0n) is 12.9. The van der Waals surface area contributed by atoms with Crippen LogP contribution in [-0.2, 0) is 4.79 Å². The Morgan fingerprint density at radius 2 is 1.74 bits per heavy atom. The molecule has 0 spiro atoms. The van der Waals surface area contributed by atoms with Crippen LogP contribution >= 0.6 is 28.1 Å². The summed E-state index contributed by atoms with van der Waals surface area (Å²) in [4.78, 5) is 12.0. The number of aryl methyl sites for hydroxylation is 1. The van der Waals surface area contributed by atoms with Crippen molar-refractivity contribution in [3.63, 3.8) is 0 Å². The number of benzene rings is 2. The quantitative estimate of drug-likeness (QED) is 0.689. The van der Waals surface area contributed by atoms with Crippen LogP contribution in [0.25, 0.3) is 0 Å². The van der Waals surface area contributed by atoms with Crippen molar-refractivity contribution in [1.29, 1.82) is 0 Å². The van der Waals surface area contributed by atoms with Gasteiger partial charge in [0.05, 0.1) is 12.2 Å². The summed E-state index contributed by atoms with van der Waals surface area (Å²) in [5.41, 5.74) is 3.99. The van der Waals surface area contributed by atoms with E-state index in [0.717, 1.165) is 21.4 Å². The summed E-state index contributed by atoms with van der Waals surface area (Å²) in [6.07, 6.45) is 0. The standard InChI is InChI=1S/C17H18BrN3OS/c1-11-6-5-9-14(12(11)2)21-17(23)19-10-16(22)20-15-8-4-3-7-13(15)18/h3-9H,10H2,1-2H3,(H,20,22)(H2,19,21,23). The third-order valence-corrected chi connectivity index (χ3v) is 4.35. The highest BCUT2D eigenvalue weighted by atomic mass is 79.9.